The second-order valence-corrected chi connectivity index (χ2v) is 7.69. The minimum Gasteiger partial charge on any atom is -0.481 e. The van der Waals surface area contributed by atoms with E-state index in [9.17, 15) is 43.2 Å². The Bertz CT molecular complexity index is 1070. The summed E-state index contributed by atoms with van der Waals surface area (Å²) in [5, 5.41) is 59.4. The van der Waals surface area contributed by atoms with E-state index in [1.165, 1.54) is 0 Å². The molecule has 0 bridgehead atoms. The van der Waals surface area contributed by atoms with Crippen molar-refractivity contribution in [3.8, 4) is 0 Å². The number of carbonyl (C=O) groups is 9. The van der Waals surface area contributed by atoms with Gasteiger partial charge in [-0.15, -0.1) is 0 Å². The zero-order chi connectivity index (χ0) is 30.0. The first kappa shape index (κ1) is 31.5. The summed E-state index contributed by atoms with van der Waals surface area (Å²) in [5.41, 5.74) is -1.96. The zero-order valence-corrected chi connectivity index (χ0v) is 19.4. The fourth-order valence-electron chi connectivity index (χ4n) is 2.87. The topological polar surface area (TPSA) is 311 Å². The summed E-state index contributed by atoms with van der Waals surface area (Å²) in [6.45, 7) is 0. The SMILES string of the molecule is O=C(O)C[C@@H](NC(=O)c1cc(C(=O)N[C@H](CC(=O)O)C(=O)O)cc(C(=O)N[C@H](CC(=O)O)C(=O)O)c1)C(=O)O. The molecule has 0 aliphatic heterocycles. The van der Waals surface area contributed by atoms with Gasteiger partial charge in [-0.2, -0.15) is 0 Å². The first-order valence-electron chi connectivity index (χ1n) is 10.4. The van der Waals surface area contributed by atoms with Crippen molar-refractivity contribution in [2.45, 2.75) is 37.4 Å². The highest BCUT2D eigenvalue weighted by molar-refractivity contribution is 6.06. The molecule has 18 nitrogen and oxygen atoms in total. The number of nitrogens with one attached hydrogen (secondary N) is 3. The van der Waals surface area contributed by atoms with Crippen LogP contribution >= 0.6 is 0 Å². The molecule has 39 heavy (non-hydrogen) atoms. The molecule has 0 aliphatic carbocycles. The third-order valence-corrected chi connectivity index (χ3v) is 4.67. The first-order valence-corrected chi connectivity index (χ1v) is 10.4. The molecule has 1 aromatic carbocycles. The number of benzene rings is 1. The molecule has 0 aliphatic rings. The summed E-state index contributed by atoms with van der Waals surface area (Å²) >= 11 is 0. The third kappa shape index (κ3) is 10.1. The Kier molecular flexibility index (Phi) is 11.0. The van der Waals surface area contributed by atoms with Gasteiger partial charge in [-0.05, 0) is 18.2 Å². The lowest BCUT2D eigenvalue weighted by atomic mass is 10.0. The smallest absolute Gasteiger partial charge is 0.326 e. The van der Waals surface area contributed by atoms with Crippen LogP contribution in [0.1, 0.15) is 50.3 Å². The van der Waals surface area contributed by atoms with Gasteiger partial charge in [0.2, 0.25) is 0 Å². The lowest BCUT2D eigenvalue weighted by molar-refractivity contribution is -0.145. The van der Waals surface area contributed by atoms with Crippen molar-refractivity contribution in [2.75, 3.05) is 0 Å². The van der Waals surface area contributed by atoms with Crippen molar-refractivity contribution >= 4 is 53.5 Å². The molecule has 1 rings (SSSR count). The van der Waals surface area contributed by atoms with Crippen LogP contribution in [0.2, 0.25) is 0 Å². The van der Waals surface area contributed by atoms with Gasteiger partial charge in [-0.3, -0.25) is 28.8 Å². The molecule has 0 unspecified atom stereocenters. The van der Waals surface area contributed by atoms with E-state index in [4.69, 9.17) is 30.6 Å². The van der Waals surface area contributed by atoms with Crippen LogP contribution in [0.4, 0.5) is 0 Å². The molecule has 9 N–H and O–H groups in total. The molecule has 0 aromatic heterocycles. The molecule has 0 spiro atoms. The average Bonchev–Trinajstić information content (AvgIpc) is 2.81. The molecule has 18 heteroatoms. The maximum Gasteiger partial charge on any atom is 0.326 e. The van der Waals surface area contributed by atoms with Gasteiger partial charge >= 0.3 is 35.8 Å². The molecule has 0 saturated carbocycles. The number of rotatable bonds is 15. The summed E-state index contributed by atoms with van der Waals surface area (Å²) in [5.74, 6) is -14.1. The molecule has 210 valence electrons. The van der Waals surface area contributed by atoms with Crippen LogP contribution in [-0.4, -0.2) is 102 Å². The Morgan fingerprint density at radius 3 is 0.821 bits per heavy atom. The van der Waals surface area contributed by atoms with Crippen molar-refractivity contribution in [3.05, 3.63) is 34.9 Å². The molecular weight excluding hydrogens is 534 g/mol. The van der Waals surface area contributed by atoms with Gasteiger partial charge in [-0.1, -0.05) is 0 Å². The molecule has 0 radical (unpaired) electrons. The van der Waals surface area contributed by atoms with Gasteiger partial charge < -0.3 is 46.6 Å². The lowest BCUT2D eigenvalue weighted by Crippen LogP contribution is -2.44. The van der Waals surface area contributed by atoms with Crippen molar-refractivity contribution in [1.29, 1.82) is 0 Å². The molecule has 0 saturated heterocycles. The third-order valence-electron chi connectivity index (χ3n) is 4.67. The van der Waals surface area contributed by atoms with Crippen LogP contribution in [0.15, 0.2) is 18.2 Å². The number of carboxylic acids is 6. The molecular formula is C21H21N3O15. The van der Waals surface area contributed by atoms with Crippen LogP contribution in [0.5, 0.6) is 0 Å². The van der Waals surface area contributed by atoms with E-state index in [1.807, 2.05) is 16.0 Å². The van der Waals surface area contributed by atoms with Crippen molar-refractivity contribution in [1.82, 2.24) is 16.0 Å². The van der Waals surface area contributed by atoms with Gasteiger partial charge in [0, 0.05) is 16.7 Å². The molecule has 3 atom stereocenters. The number of amides is 3. The van der Waals surface area contributed by atoms with Crippen LogP contribution in [0.25, 0.3) is 0 Å². The number of aliphatic carboxylic acids is 6. The highest BCUT2D eigenvalue weighted by Gasteiger charge is 2.28. The second kappa shape index (κ2) is 13.7. The highest BCUT2D eigenvalue weighted by atomic mass is 16.4. The van der Waals surface area contributed by atoms with Gasteiger partial charge in [-0.25, -0.2) is 14.4 Å². The molecule has 0 heterocycles. The van der Waals surface area contributed by atoms with Crippen molar-refractivity contribution < 1.29 is 73.8 Å². The Labute approximate surface area is 216 Å². The average molecular weight is 555 g/mol. The van der Waals surface area contributed by atoms with E-state index in [0.717, 1.165) is 18.2 Å². The summed E-state index contributed by atoms with van der Waals surface area (Å²) in [6.07, 6.45) is -3.21. The van der Waals surface area contributed by atoms with Gasteiger partial charge in [0.25, 0.3) is 17.7 Å². The molecule has 0 fully saturated rings. The van der Waals surface area contributed by atoms with E-state index < -0.39 is 108 Å². The van der Waals surface area contributed by atoms with Crippen molar-refractivity contribution in [3.63, 3.8) is 0 Å². The van der Waals surface area contributed by atoms with Crippen LogP contribution in [0.3, 0.4) is 0 Å². The Balaban J connectivity index is 3.51. The number of hydrogen-bond acceptors (Lipinski definition) is 9. The summed E-state index contributed by atoms with van der Waals surface area (Å²) < 4.78 is 0. The predicted octanol–water partition coefficient (Wildman–Crippen LogP) is -2.34. The highest BCUT2D eigenvalue weighted by Crippen LogP contribution is 2.14. The summed E-state index contributed by atoms with van der Waals surface area (Å²) in [7, 11) is 0. The van der Waals surface area contributed by atoms with Crippen LogP contribution in [0, 0.1) is 0 Å². The monoisotopic (exact) mass is 555 g/mol. The lowest BCUT2D eigenvalue weighted by Gasteiger charge is -2.17. The van der Waals surface area contributed by atoms with E-state index in [0.29, 0.717) is 0 Å². The Hall–Kier alpha value is -5.55. The Morgan fingerprint density at radius 1 is 0.462 bits per heavy atom. The molecule has 1 aromatic rings. The predicted molar refractivity (Wildman–Crippen MR) is 120 cm³/mol. The minimum absolute atomic E-state index is 0.653. The van der Waals surface area contributed by atoms with E-state index in [1.54, 1.807) is 0 Å². The standard InChI is InChI=1S/C21H21N3O15/c25-13(26)4-10(19(34)35)22-16(31)7-1-8(17(32)23-11(20(36)37)5-14(27)28)3-9(2-7)18(33)24-12(21(38)39)6-15(29)30/h1-3,10-12H,4-6H2,(H,22,31)(H,23,32)(H,24,33)(H,25,26)(H,27,28)(H,29,30)(H,34,35)(H,36,37)(H,38,39)/t10-,11-,12-/m1/s1. The van der Waals surface area contributed by atoms with Crippen LogP contribution < -0.4 is 16.0 Å². The fraction of sp³-hybridized carbons (Fsp3) is 0.286. The number of hydrogen-bond donors (Lipinski definition) is 9. The Morgan fingerprint density at radius 2 is 0.667 bits per heavy atom. The van der Waals surface area contributed by atoms with Gasteiger partial charge in [0.15, 0.2) is 0 Å². The van der Waals surface area contributed by atoms with Gasteiger partial charge in [0.05, 0.1) is 19.3 Å². The normalized spacial score (nSPS) is 12.6. The van der Waals surface area contributed by atoms with Gasteiger partial charge in [0.1, 0.15) is 18.1 Å². The van der Waals surface area contributed by atoms with E-state index in [-0.39, 0.29) is 0 Å². The zero-order valence-electron chi connectivity index (χ0n) is 19.4. The first-order chi connectivity index (χ1) is 18.0. The van der Waals surface area contributed by atoms with Crippen LogP contribution in [-0.2, 0) is 28.8 Å². The number of carboxylic acid groups (broad SMARTS) is 6. The fourth-order valence-corrected chi connectivity index (χ4v) is 2.87. The van der Waals surface area contributed by atoms with E-state index >= 15 is 0 Å². The second-order valence-electron chi connectivity index (χ2n) is 7.69. The summed E-state index contributed by atoms with van der Waals surface area (Å²) in [4.78, 5) is 105. The van der Waals surface area contributed by atoms with E-state index in [2.05, 4.69) is 0 Å². The maximum atomic E-state index is 12.7. The van der Waals surface area contributed by atoms with Crippen molar-refractivity contribution in [2.24, 2.45) is 0 Å². The quantitative estimate of drug-likeness (QED) is 0.109. The minimum atomic E-state index is -1.97. The molecule has 3 amide bonds. The number of carbonyl (C=O) groups excluding carboxylic acids is 3. The maximum absolute atomic E-state index is 12.7. The largest absolute Gasteiger partial charge is 0.481 e. The summed E-state index contributed by atoms with van der Waals surface area (Å²) in [6, 6.07) is -3.72.